The third-order valence-electron chi connectivity index (χ3n) is 4.30. The van der Waals surface area contributed by atoms with E-state index in [4.69, 9.17) is 5.73 Å². The highest BCUT2D eigenvalue weighted by Crippen LogP contribution is 2.22. The van der Waals surface area contributed by atoms with Gasteiger partial charge in [-0.25, -0.2) is 9.97 Å². The van der Waals surface area contributed by atoms with Crippen LogP contribution in [0.2, 0.25) is 0 Å². The van der Waals surface area contributed by atoms with Crippen molar-refractivity contribution in [2.24, 2.45) is 11.7 Å². The Morgan fingerprint density at radius 1 is 1.18 bits per heavy atom. The van der Waals surface area contributed by atoms with Gasteiger partial charge in [0.2, 0.25) is 11.8 Å². The molecule has 0 unspecified atom stereocenters. The highest BCUT2D eigenvalue weighted by Gasteiger charge is 2.21. The van der Waals surface area contributed by atoms with Crippen molar-refractivity contribution in [2.75, 3.05) is 5.32 Å². The van der Waals surface area contributed by atoms with Gasteiger partial charge in [0.1, 0.15) is 11.9 Å². The number of benzene rings is 1. The minimum absolute atomic E-state index is 0.00000805. The summed E-state index contributed by atoms with van der Waals surface area (Å²) in [7, 11) is 0. The van der Waals surface area contributed by atoms with Gasteiger partial charge in [0.05, 0.1) is 18.5 Å². The molecule has 0 saturated heterocycles. The van der Waals surface area contributed by atoms with Crippen LogP contribution in [-0.4, -0.2) is 27.8 Å². The fraction of sp³-hybridized carbons (Fsp3) is 0.300. The number of hydrogen-bond donors (Lipinski definition) is 3. The number of fused-ring (bicyclic) bond motifs is 1. The number of hydrogen-bond acceptors (Lipinski definition) is 6. The van der Waals surface area contributed by atoms with Crippen LogP contribution in [0.5, 0.6) is 0 Å². The zero-order valence-electron chi connectivity index (χ0n) is 15.8. The van der Waals surface area contributed by atoms with Crippen molar-refractivity contribution < 1.29 is 9.59 Å². The molecule has 0 spiro atoms. The first-order valence-electron chi connectivity index (χ1n) is 9.03. The molecule has 3 aromatic rings. The molecule has 0 saturated carbocycles. The third kappa shape index (κ3) is 4.83. The average Bonchev–Trinajstić information content (AvgIpc) is 3.16. The predicted octanol–water partition coefficient (Wildman–Crippen LogP) is 2.47. The molecule has 0 radical (unpaired) electrons. The molecule has 0 aliphatic carbocycles. The maximum absolute atomic E-state index is 12.1. The SMILES string of the molecule is CC(C)[C@H](Nc1nc(CNC(=O)Cc2ccsc2)nc2ccccc12)C(N)=O. The lowest BCUT2D eigenvalue weighted by Gasteiger charge is -2.21. The number of nitrogens with zero attached hydrogens (tertiary/aromatic N) is 2. The monoisotopic (exact) mass is 397 g/mol. The fourth-order valence-corrected chi connectivity index (χ4v) is 3.51. The number of rotatable bonds is 8. The molecule has 1 aromatic carbocycles. The molecule has 8 heteroatoms. The minimum atomic E-state index is -0.556. The number of amides is 2. The van der Waals surface area contributed by atoms with E-state index >= 15 is 0 Å². The highest BCUT2D eigenvalue weighted by molar-refractivity contribution is 7.08. The van der Waals surface area contributed by atoms with Crippen molar-refractivity contribution >= 4 is 39.9 Å². The lowest BCUT2D eigenvalue weighted by Crippen LogP contribution is -2.40. The van der Waals surface area contributed by atoms with Crippen LogP contribution >= 0.6 is 11.3 Å². The summed E-state index contributed by atoms with van der Waals surface area (Å²) in [6.45, 7) is 4.03. The lowest BCUT2D eigenvalue weighted by molar-refractivity contribution is -0.121. The maximum Gasteiger partial charge on any atom is 0.240 e. The van der Waals surface area contributed by atoms with E-state index in [1.54, 1.807) is 11.3 Å². The second kappa shape index (κ2) is 8.79. The summed E-state index contributed by atoms with van der Waals surface area (Å²) >= 11 is 1.56. The topological polar surface area (TPSA) is 110 Å². The summed E-state index contributed by atoms with van der Waals surface area (Å²) in [6, 6.07) is 8.89. The van der Waals surface area contributed by atoms with Crippen LogP contribution in [0.3, 0.4) is 0 Å². The van der Waals surface area contributed by atoms with Gasteiger partial charge in [0.25, 0.3) is 0 Å². The molecule has 2 aromatic heterocycles. The molecule has 146 valence electrons. The molecule has 2 amide bonds. The Kier molecular flexibility index (Phi) is 6.20. The van der Waals surface area contributed by atoms with E-state index in [9.17, 15) is 9.59 Å². The first-order chi connectivity index (χ1) is 13.4. The van der Waals surface area contributed by atoms with Crippen molar-refractivity contribution in [3.05, 3.63) is 52.5 Å². The van der Waals surface area contributed by atoms with E-state index in [2.05, 4.69) is 20.6 Å². The quantitative estimate of drug-likeness (QED) is 0.541. The van der Waals surface area contributed by atoms with Gasteiger partial charge >= 0.3 is 0 Å². The standard InChI is InChI=1S/C20H23N5O2S/c1-12(2)18(19(21)27)25-20-14-5-3-4-6-15(14)23-16(24-20)10-22-17(26)9-13-7-8-28-11-13/h3-8,11-12,18H,9-10H2,1-2H3,(H2,21,27)(H,22,26)(H,23,24,25)/t18-/m0/s1. The second-order valence-electron chi connectivity index (χ2n) is 6.86. The summed E-state index contributed by atoms with van der Waals surface area (Å²) in [5.74, 6) is 0.460. The van der Waals surface area contributed by atoms with Gasteiger partial charge < -0.3 is 16.4 Å². The molecule has 0 aliphatic heterocycles. The van der Waals surface area contributed by atoms with E-state index in [0.29, 0.717) is 18.1 Å². The lowest BCUT2D eigenvalue weighted by atomic mass is 10.0. The Morgan fingerprint density at radius 2 is 1.96 bits per heavy atom. The number of nitrogens with one attached hydrogen (secondary N) is 2. The molecule has 0 bridgehead atoms. The first kappa shape index (κ1) is 19.8. The molecule has 3 rings (SSSR count). The molecule has 0 aliphatic rings. The summed E-state index contributed by atoms with van der Waals surface area (Å²) < 4.78 is 0. The third-order valence-corrected chi connectivity index (χ3v) is 5.04. The van der Waals surface area contributed by atoms with Crippen molar-refractivity contribution in [3.8, 4) is 0 Å². The van der Waals surface area contributed by atoms with E-state index in [1.807, 2.05) is 54.9 Å². The van der Waals surface area contributed by atoms with E-state index in [0.717, 1.165) is 16.5 Å². The Bertz CT molecular complexity index is 972. The second-order valence-corrected chi connectivity index (χ2v) is 7.64. The molecule has 28 heavy (non-hydrogen) atoms. The number of anilines is 1. The zero-order chi connectivity index (χ0) is 20.1. The molecule has 2 heterocycles. The Hall–Kier alpha value is -3.00. The van der Waals surface area contributed by atoms with Crippen molar-refractivity contribution in [1.29, 1.82) is 0 Å². The minimum Gasteiger partial charge on any atom is -0.368 e. The van der Waals surface area contributed by atoms with Crippen molar-refractivity contribution in [1.82, 2.24) is 15.3 Å². The van der Waals surface area contributed by atoms with Gasteiger partial charge in [-0.2, -0.15) is 11.3 Å². The van der Waals surface area contributed by atoms with Crippen LogP contribution in [0, 0.1) is 5.92 Å². The van der Waals surface area contributed by atoms with Gasteiger partial charge in [-0.15, -0.1) is 0 Å². The van der Waals surface area contributed by atoms with Gasteiger partial charge in [-0.05, 0) is 40.4 Å². The Labute approximate surface area is 167 Å². The van der Waals surface area contributed by atoms with Crippen LogP contribution in [0.25, 0.3) is 10.9 Å². The summed E-state index contributed by atoms with van der Waals surface area (Å²) in [5, 5.41) is 10.7. The van der Waals surface area contributed by atoms with Crippen LogP contribution in [0.4, 0.5) is 5.82 Å². The van der Waals surface area contributed by atoms with Crippen LogP contribution in [0.15, 0.2) is 41.1 Å². The average molecular weight is 398 g/mol. The molecular weight excluding hydrogens is 374 g/mol. The summed E-state index contributed by atoms with van der Waals surface area (Å²) in [4.78, 5) is 33.0. The van der Waals surface area contributed by atoms with E-state index < -0.39 is 11.9 Å². The van der Waals surface area contributed by atoms with Gasteiger partial charge in [-0.1, -0.05) is 26.0 Å². The number of primary amides is 1. The van der Waals surface area contributed by atoms with Crippen LogP contribution < -0.4 is 16.4 Å². The van der Waals surface area contributed by atoms with E-state index in [1.165, 1.54) is 0 Å². The predicted molar refractivity (Wildman–Crippen MR) is 111 cm³/mol. The first-order valence-corrected chi connectivity index (χ1v) is 9.97. The van der Waals surface area contributed by atoms with Crippen molar-refractivity contribution in [3.63, 3.8) is 0 Å². The molecule has 0 fully saturated rings. The number of carbonyl (C=O) groups is 2. The number of aromatic nitrogens is 2. The normalized spacial score (nSPS) is 12.1. The van der Waals surface area contributed by atoms with Crippen LogP contribution in [-0.2, 0) is 22.6 Å². The molecular formula is C20H23N5O2S. The molecule has 4 N–H and O–H groups in total. The van der Waals surface area contributed by atoms with Crippen LogP contribution in [0.1, 0.15) is 25.2 Å². The smallest absolute Gasteiger partial charge is 0.240 e. The molecule has 1 atom stereocenters. The highest BCUT2D eigenvalue weighted by atomic mass is 32.1. The summed E-state index contributed by atoms with van der Waals surface area (Å²) in [5.41, 5.74) is 7.24. The zero-order valence-corrected chi connectivity index (χ0v) is 16.6. The largest absolute Gasteiger partial charge is 0.368 e. The number of carbonyl (C=O) groups excluding carboxylic acids is 2. The van der Waals surface area contributed by atoms with Crippen molar-refractivity contribution in [2.45, 2.75) is 32.9 Å². The number of para-hydroxylation sites is 1. The molecule has 7 nitrogen and oxygen atoms in total. The van der Waals surface area contributed by atoms with E-state index in [-0.39, 0.29) is 18.4 Å². The fourth-order valence-electron chi connectivity index (χ4n) is 2.85. The Morgan fingerprint density at radius 3 is 2.64 bits per heavy atom. The Balaban J connectivity index is 1.81. The summed E-state index contributed by atoms with van der Waals surface area (Å²) in [6.07, 6.45) is 0.319. The van der Waals surface area contributed by atoms with Gasteiger partial charge in [0, 0.05) is 5.39 Å². The van der Waals surface area contributed by atoms with Gasteiger partial charge in [-0.3, -0.25) is 9.59 Å². The number of nitrogens with two attached hydrogens (primary N) is 1. The number of thiophene rings is 1. The van der Waals surface area contributed by atoms with Gasteiger partial charge in [0.15, 0.2) is 5.82 Å². The maximum atomic E-state index is 12.1.